The Kier molecular flexibility index (Phi) is 4.65. The van der Waals surface area contributed by atoms with Crippen LogP contribution in [0.5, 0.6) is 0 Å². The van der Waals surface area contributed by atoms with Gasteiger partial charge in [0.05, 0.1) is 0 Å². The Labute approximate surface area is 137 Å². The van der Waals surface area contributed by atoms with Gasteiger partial charge in [-0.05, 0) is 28.2 Å². The van der Waals surface area contributed by atoms with Crippen molar-refractivity contribution >= 4 is 6.09 Å². The Hall–Kier alpha value is -2.29. The molecule has 3 heteroatoms. The maximum Gasteiger partial charge on any atom is 0.407 e. The van der Waals surface area contributed by atoms with Gasteiger partial charge in [0, 0.05) is 12.5 Å². The summed E-state index contributed by atoms with van der Waals surface area (Å²) in [5.41, 5.74) is 4.97. The molecule has 1 atom stereocenters. The molecule has 0 spiro atoms. The number of nitrogens with one attached hydrogen (secondary N) is 1. The van der Waals surface area contributed by atoms with Gasteiger partial charge in [0.25, 0.3) is 0 Å². The highest BCUT2D eigenvalue weighted by Crippen LogP contribution is 2.44. The van der Waals surface area contributed by atoms with E-state index in [0.29, 0.717) is 19.1 Å². The molecular formula is C20H23NO2. The van der Waals surface area contributed by atoms with Gasteiger partial charge >= 0.3 is 6.09 Å². The van der Waals surface area contributed by atoms with E-state index in [1.54, 1.807) is 0 Å². The van der Waals surface area contributed by atoms with Gasteiger partial charge in [-0.2, -0.15) is 0 Å². The number of hydrogen-bond donors (Lipinski definition) is 1. The molecule has 120 valence electrons. The Bertz CT molecular complexity index is 650. The topological polar surface area (TPSA) is 38.3 Å². The van der Waals surface area contributed by atoms with Gasteiger partial charge in [-0.3, -0.25) is 0 Å². The molecule has 0 aliphatic heterocycles. The summed E-state index contributed by atoms with van der Waals surface area (Å²) in [7, 11) is 0. The number of rotatable bonds is 5. The summed E-state index contributed by atoms with van der Waals surface area (Å²) in [6.07, 6.45) is 0.719. The number of benzene rings is 2. The molecule has 0 radical (unpaired) electrons. The SMILES string of the molecule is CCC(C)CNC(=O)OCC1c2ccccc2-c2ccccc21. The summed E-state index contributed by atoms with van der Waals surface area (Å²) in [6, 6.07) is 16.7. The Morgan fingerprint density at radius 1 is 1.09 bits per heavy atom. The number of amides is 1. The third-order valence-electron chi connectivity index (χ3n) is 4.64. The Balaban J connectivity index is 1.70. The molecule has 2 aromatic carbocycles. The molecular weight excluding hydrogens is 286 g/mol. The normalized spacial score (nSPS) is 14.0. The van der Waals surface area contributed by atoms with Crippen molar-refractivity contribution in [1.82, 2.24) is 5.32 Å². The van der Waals surface area contributed by atoms with E-state index in [9.17, 15) is 4.79 Å². The molecule has 0 aromatic heterocycles. The van der Waals surface area contributed by atoms with Crippen molar-refractivity contribution in [3.8, 4) is 11.1 Å². The largest absolute Gasteiger partial charge is 0.449 e. The first-order chi connectivity index (χ1) is 11.2. The van der Waals surface area contributed by atoms with Crippen molar-refractivity contribution < 1.29 is 9.53 Å². The fourth-order valence-corrected chi connectivity index (χ4v) is 3.05. The zero-order valence-corrected chi connectivity index (χ0v) is 13.7. The van der Waals surface area contributed by atoms with Crippen LogP contribution in [0.25, 0.3) is 11.1 Å². The lowest BCUT2D eigenvalue weighted by molar-refractivity contribution is 0.141. The van der Waals surface area contributed by atoms with E-state index in [0.717, 1.165) is 6.42 Å². The molecule has 1 unspecified atom stereocenters. The maximum absolute atomic E-state index is 11.9. The second-order valence-corrected chi connectivity index (χ2v) is 6.22. The molecule has 1 aliphatic carbocycles. The fraction of sp³-hybridized carbons (Fsp3) is 0.350. The first kappa shape index (κ1) is 15.6. The van der Waals surface area contributed by atoms with Crippen LogP contribution in [0.15, 0.2) is 48.5 Å². The van der Waals surface area contributed by atoms with Crippen molar-refractivity contribution in [3.63, 3.8) is 0 Å². The van der Waals surface area contributed by atoms with Gasteiger partial charge < -0.3 is 10.1 Å². The van der Waals surface area contributed by atoms with Gasteiger partial charge in [-0.25, -0.2) is 4.79 Å². The highest BCUT2D eigenvalue weighted by atomic mass is 16.5. The van der Waals surface area contributed by atoms with Crippen LogP contribution >= 0.6 is 0 Å². The van der Waals surface area contributed by atoms with Crippen LogP contribution in [-0.2, 0) is 4.74 Å². The van der Waals surface area contributed by atoms with Gasteiger partial charge in [0.2, 0.25) is 0 Å². The van der Waals surface area contributed by atoms with E-state index in [1.165, 1.54) is 22.3 Å². The summed E-state index contributed by atoms with van der Waals surface area (Å²) in [5, 5.41) is 2.84. The number of carbonyl (C=O) groups excluding carboxylic acids is 1. The van der Waals surface area contributed by atoms with Gasteiger partial charge in [0.15, 0.2) is 0 Å². The third kappa shape index (κ3) is 3.24. The van der Waals surface area contributed by atoms with Crippen LogP contribution in [-0.4, -0.2) is 19.2 Å². The molecule has 2 aromatic rings. The molecule has 1 amide bonds. The first-order valence-electron chi connectivity index (χ1n) is 8.29. The van der Waals surface area contributed by atoms with Crippen molar-refractivity contribution in [2.24, 2.45) is 5.92 Å². The minimum Gasteiger partial charge on any atom is -0.449 e. The second kappa shape index (κ2) is 6.86. The molecule has 0 saturated heterocycles. The van der Waals surface area contributed by atoms with Crippen molar-refractivity contribution in [1.29, 1.82) is 0 Å². The molecule has 1 aliphatic rings. The maximum atomic E-state index is 11.9. The van der Waals surface area contributed by atoms with E-state index in [4.69, 9.17) is 4.74 Å². The minimum atomic E-state index is -0.327. The minimum absolute atomic E-state index is 0.122. The van der Waals surface area contributed by atoms with Crippen LogP contribution < -0.4 is 5.32 Å². The highest BCUT2D eigenvalue weighted by molar-refractivity contribution is 5.79. The highest BCUT2D eigenvalue weighted by Gasteiger charge is 2.28. The summed E-state index contributed by atoms with van der Waals surface area (Å²) >= 11 is 0. The standard InChI is InChI=1S/C20H23NO2/c1-3-14(2)12-21-20(22)23-13-19-17-10-6-4-8-15(17)16-9-5-7-11-18(16)19/h4-11,14,19H,3,12-13H2,1-2H3,(H,21,22). The van der Waals surface area contributed by atoms with Crippen LogP contribution in [0.2, 0.25) is 0 Å². The summed E-state index contributed by atoms with van der Waals surface area (Å²) in [6.45, 7) is 5.27. The van der Waals surface area contributed by atoms with E-state index in [-0.39, 0.29) is 12.0 Å². The fourth-order valence-electron chi connectivity index (χ4n) is 3.05. The van der Waals surface area contributed by atoms with Crippen LogP contribution in [0.4, 0.5) is 4.79 Å². The molecule has 0 saturated carbocycles. The first-order valence-corrected chi connectivity index (χ1v) is 8.29. The van der Waals surface area contributed by atoms with Crippen LogP contribution in [0.3, 0.4) is 0 Å². The van der Waals surface area contributed by atoms with Gasteiger partial charge in [-0.1, -0.05) is 68.8 Å². The quantitative estimate of drug-likeness (QED) is 0.878. The molecule has 3 nitrogen and oxygen atoms in total. The van der Waals surface area contributed by atoms with Crippen molar-refractivity contribution in [3.05, 3.63) is 59.7 Å². The van der Waals surface area contributed by atoms with Crippen molar-refractivity contribution in [2.45, 2.75) is 26.2 Å². The lowest BCUT2D eigenvalue weighted by Crippen LogP contribution is -2.29. The zero-order valence-electron chi connectivity index (χ0n) is 13.7. The van der Waals surface area contributed by atoms with Crippen LogP contribution in [0.1, 0.15) is 37.3 Å². The van der Waals surface area contributed by atoms with Crippen molar-refractivity contribution in [2.75, 3.05) is 13.2 Å². The zero-order chi connectivity index (χ0) is 16.2. The number of ether oxygens (including phenoxy) is 1. The lowest BCUT2D eigenvalue weighted by atomic mass is 9.98. The molecule has 0 bridgehead atoms. The number of fused-ring (bicyclic) bond motifs is 3. The molecule has 0 fully saturated rings. The molecule has 23 heavy (non-hydrogen) atoms. The molecule has 1 N–H and O–H groups in total. The van der Waals surface area contributed by atoms with Gasteiger partial charge in [0.1, 0.15) is 6.61 Å². The van der Waals surface area contributed by atoms with E-state index in [1.807, 2.05) is 12.1 Å². The summed E-state index contributed by atoms with van der Waals surface area (Å²) in [5.74, 6) is 0.590. The van der Waals surface area contributed by atoms with E-state index < -0.39 is 0 Å². The predicted molar refractivity (Wildman–Crippen MR) is 92.5 cm³/mol. The number of hydrogen-bond acceptors (Lipinski definition) is 2. The number of carbonyl (C=O) groups is 1. The van der Waals surface area contributed by atoms with E-state index in [2.05, 4.69) is 55.6 Å². The van der Waals surface area contributed by atoms with Crippen LogP contribution in [0, 0.1) is 5.92 Å². The number of alkyl carbamates (subject to hydrolysis) is 1. The van der Waals surface area contributed by atoms with Gasteiger partial charge in [-0.15, -0.1) is 0 Å². The predicted octanol–water partition coefficient (Wildman–Crippen LogP) is 4.57. The summed E-state index contributed by atoms with van der Waals surface area (Å²) in [4.78, 5) is 11.9. The van der Waals surface area contributed by atoms with E-state index >= 15 is 0 Å². The Morgan fingerprint density at radius 2 is 1.65 bits per heavy atom. The Morgan fingerprint density at radius 3 is 2.22 bits per heavy atom. The smallest absolute Gasteiger partial charge is 0.407 e. The summed E-state index contributed by atoms with van der Waals surface area (Å²) < 4.78 is 5.48. The lowest BCUT2D eigenvalue weighted by Gasteiger charge is -2.15. The molecule has 3 rings (SSSR count). The third-order valence-corrected chi connectivity index (χ3v) is 4.64. The average molecular weight is 309 g/mol. The monoisotopic (exact) mass is 309 g/mol. The molecule has 0 heterocycles. The second-order valence-electron chi connectivity index (χ2n) is 6.22. The average Bonchev–Trinajstić information content (AvgIpc) is 2.92.